The third kappa shape index (κ3) is 5.49. The molecule has 0 saturated heterocycles. The number of benzene rings is 3. The highest BCUT2D eigenvalue weighted by atomic mass is 16.2. The maximum absolute atomic E-state index is 12.5. The van der Waals surface area contributed by atoms with Crippen LogP contribution in [0.3, 0.4) is 0 Å². The third-order valence-electron chi connectivity index (χ3n) is 4.26. The predicted octanol–water partition coefficient (Wildman–Crippen LogP) is 4.97. The lowest BCUT2D eigenvalue weighted by atomic mass is 9.99. The Bertz CT molecular complexity index is 790. The van der Waals surface area contributed by atoms with Crippen LogP contribution < -0.4 is 10.6 Å². The lowest BCUT2D eigenvalue weighted by molar-refractivity contribution is 0.248. The van der Waals surface area contributed by atoms with E-state index in [1.807, 2.05) is 67.6 Å². The van der Waals surface area contributed by atoms with E-state index in [0.29, 0.717) is 0 Å². The largest absolute Gasteiger partial charge is 0.334 e. The van der Waals surface area contributed by atoms with Crippen LogP contribution >= 0.6 is 0 Å². The summed E-state index contributed by atoms with van der Waals surface area (Å²) in [6, 6.07) is 28.2. The highest BCUT2D eigenvalue weighted by Crippen LogP contribution is 2.12. The molecule has 3 heteroatoms. The van der Waals surface area contributed by atoms with Crippen molar-refractivity contribution in [2.24, 2.45) is 0 Å². The molecular weight excluding hydrogens is 320 g/mol. The fourth-order valence-corrected chi connectivity index (χ4v) is 3.05. The normalized spacial score (nSPS) is 10.5. The molecule has 0 saturated carbocycles. The van der Waals surface area contributed by atoms with Gasteiger partial charge in [-0.1, -0.05) is 72.8 Å². The molecule has 0 spiro atoms. The number of carbonyl (C=O) groups is 1. The molecule has 2 N–H and O–H groups in total. The highest BCUT2D eigenvalue weighted by Gasteiger charge is 2.14. The number of anilines is 1. The van der Waals surface area contributed by atoms with Gasteiger partial charge in [0.05, 0.1) is 0 Å². The predicted molar refractivity (Wildman–Crippen MR) is 107 cm³/mol. The average Bonchev–Trinajstić information content (AvgIpc) is 2.63. The van der Waals surface area contributed by atoms with Gasteiger partial charge in [-0.25, -0.2) is 4.79 Å². The van der Waals surface area contributed by atoms with Crippen molar-refractivity contribution in [2.75, 3.05) is 5.32 Å². The Hall–Kier alpha value is -3.07. The first kappa shape index (κ1) is 17.7. The van der Waals surface area contributed by atoms with Gasteiger partial charge in [-0.2, -0.15) is 0 Å². The van der Waals surface area contributed by atoms with Crippen LogP contribution in [0.15, 0.2) is 84.9 Å². The number of hydrogen-bond acceptors (Lipinski definition) is 1. The van der Waals surface area contributed by atoms with Gasteiger partial charge in [0.25, 0.3) is 0 Å². The maximum atomic E-state index is 12.5. The first-order chi connectivity index (χ1) is 12.7. The molecule has 26 heavy (non-hydrogen) atoms. The Morgan fingerprint density at radius 2 is 1.38 bits per heavy atom. The van der Waals surface area contributed by atoms with Gasteiger partial charge in [0.1, 0.15) is 0 Å². The molecule has 2 amide bonds. The van der Waals surface area contributed by atoms with E-state index in [2.05, 4.69) is 34.9 Å². The molecule has 0 atom stereocenters. The van der Waals surface area contributed by atoms with Crippen molar-refractivity contribution in [3.63, 3.8) is 0 Å². The van der Waals surface area contributed by atoms with Crippen molar-refractivity contribution in [1.29, 1.82) is 0 Å². The summed E-state index contributed by atoms with van der Waals surface area (Å²) in [5, 5.41) is 6.07. The number of rotatable bonds is 6. The quantitative estimate of drug-likeness (QED) is 0.651. The first-order valence-corrected chi connectivity index (χ1v) is 8.91. The van der Waals surface area contributed by atoms with E-state index in [-0.39, 0.29) is 12.1 Å². The fraction of sp³-hybridized carbons (Fsp3) is 0.174. The van der Waals surface area contributed by atoms with E-state index >= 15 is 0 Å². The van der Waals surface area contributed by atoms with E-state index in [1.165, 1.54) is 11.1 Å². The Morgan fingerprint density at radius 3 is 1.92 bits per heavy atom. The van der Waals surface area contributed by atoms with Crippen molar-refractivity contribution in [2.45, 2.75) is 25.8 Å². The number of aryl methyl sites for hydroxylation is 1. The smallest absolute Gasteiger partial charge is 0.319 e. The summed E-state index contributed by atoms with van der Waals surface area (Å²) in [7, 11) is 0. The number of urea groups is 1. The average molecular weight is 344 g/mol. The molecule has 132 valence electrons. The maximum Gasteiger partial charge on any atom is 0.319 e. The van der Waals surface area contributed by atoms with Gasteiger partial charge in [0.2, 0.25) is 0 Å². The molecule has 0 unspecified atom stereocenters. The number of nitrogens with one attached hydrogen (secondary N) is 2. The van der Waals surface area contributed by atoms with Gasteiger partial charge in [-0.3, -0.25) is 0 Å². The summed E-state index contributed by atoms with van der Waals surface area (Å²) in [6.45, 7) is 2.01. The SMILES string of the molecule is Cc1cccc(NC(=O)NC(Cc2ccccc2)Cc2ccccc2)c1. The van der Waals surface area contributed by atoms with Crippen LogP contribution in [0.5, 0.6) is 0 Å². The van der Waals surface area contributed by atoms with Crippen LogP contribution in [0.25, 0.3) is 0 Å². The Labute approximate surface area is 155 Å². The van der Waals surface area contributed by atoms with E-state index < -0.39 is 0 Å². The standard InChI is InChI=1S/C23H24N2O/c1-18-9-8-14-21(15-18)24-23(26)25-22(16-19-10-4-2-5-11-19)17-20-12-6-3-7-13-20/h2-15,22H,16-17H2,1H3,(H2,24,25,26). The minimum atomic E-state index is -0.174. The summed E-state index contributed by atoms with van der Waals surface area (Å²) in [5.41, 5.74) is 4.35. The highest BCUT2D eigenvalue weighted by molar-refractivity contribution is 5.89. The van der Waals surface area contributed by atoms with Gasteiger partial charge < -0.3 is 10.6 Å². The van der Waals surface area contributed by atoms with Gasteiger partial charge in [-0.15, -0.1) is 0 Å². The zero-order valence-electron chi connectivity index (χ0n) is 15.0. The summed E-state index contributed by atoms with van der Waals surface area (Å²) in [4.78, 5) is 12.5. The molecule has 3 rings (SSSR count). The van der Waals surface area contributed by atoms with E-state index in [1.54, 1.807) is 0 Å². The molecule has 3 aromatic carbocycles. The van der Waals surface area contributed by atoms with Crippen LogP contribution in [0.2, 0.25) is 0 Å². The summed E-state index contributed by atoms with van der Waals surface area (Å²) < 4.78 is 0. The molecule has 0 heterocycles. The zero-order valence-corrected chi connectivity index (χ0v) is 15.0. The molecular formula is C23H24N2O. The van der Waals surface area contributed by atoms with Crippen molar-refractivity contribution in [3.8, 4) is 0 Å². The Kier molecular flexibility index (Phi) is 6.05. The molecule has 0 aromatic heterocycles. The van der Waals surface area contributed by atoms with Gasteiger partial charge in [-0.05, 0) is 48.6 Å². The fourth-order valence-electron chi connectivity index (χ4n) is 3.05. The minimum absolute atomic E-state index is 0.0182. The van der Waals surface area contributed by atoms with Crippen LogP contribution in [0.4, 0.5) is 10.5 Å². The van der Waals surface area contributed by atoms with Crippen LogP contribution in [-0.4, -0.2) is 12.1 Å². The molecule has 0 fully saturated rings. The van der Waals surface area contributed by atoms with E-state index in [9.17, 15) is 4.79 Å². The second-order valence-corrected chi connectivity index (χ2v) is 6.54. The number of hydrogen-bond donors (Lipinski definition) is 2. The van der Waals surface area contributed by atoms with Gasteiger partial charge in [0, 0.05) is 11.7 Å². The van der Waals surface area contributed by atoms with Gasteiger partial charge in [0.15, 0.2) is 0 Å². The first-order valence-electron chi connectivity index (χ1n) is 8.91. The Morgan fingerprint density at radius 1 is 0.808 bits per heavy atom. The molecule has 3 nitrogen and oxygen atoms in total. The van der Waals surface area contributed by atoms with Crippen molar-refractivity contribution in [3.05, 3.63) is 102 Å². The number of amides is 2. The number of carbonyl (C=O) groups excluding carboxylic acids is 1. The topological polar surface area (TPSA) is 41.1 Å². The lowest BCUT2D eigenvalue weighted by Gasteiger charge is -2.20. The van der Waals surface area contributed by atoms with Crippen LogP contribution in [0.1, 0.15) is 16.7 Å². The summed E-state index contributed by atoms with van der Waals surface area (Å²) >= 11 is 0. The van der Waals surface area contributed by atoms with Crippen molar-refractivity contribution >= 4 is 11.7 Å². The van der Waals surface area contributed by atoms with Crippen LogP contribution in [-0.2, 0) is 12.8 Å². The monoisotopic (exact) mass is 344 g/mol. The molecule has 0 aliphatic rings. The van der Waals surface area contributed by atoms with Crippen molar-refractivity contribution in [1.82, 2.24) is 5.32 Å². The van der Waals surface area contributed by atoms with Crippen molar-refractivity contribution < 1.29 is 4.79 Å². The van der Waals surface area contributed by atoms with Crippen LogP contribution in [0, 0.1) is 6.92 Å². The molecule has 0 radical (unpaired) electrons. The summed E-state index contributed by atoms with van der Waals surface area (Å²) in [5.74, 6) is 0. The molecule has 0 aliphatic heterocycles. The lowest BCUT2D eigenvalue weighted by Crippen LogP contribution is -2.40. The second-order valence-electron chi connectivity index (χ2n) is 6.54. The minimum Gasteiger partial charge on any atom is -0.334 e. The van der Waals surface area contributed by atoms with Gasteiger partial charge >= 0.3 is 6.03 Å². The molecule has 0 bridgehead atoms. The Balaban J connectivity index is 1.68. The molecule has 3 aromatic rings. The summed E-state index contributed by atoms with van der Waals surface area (Å²) in [6.07, 6.45) is 1.58. The zero-order chi connectivity index (χ0) is 18.2. The van der Waals surface area contributed by atoms with E-state index in [4.69, 9.17) is 0 Å². The second kappa shape index (κ2) is 8.86. The molecule has 0 aliphatic carbocycles. The van der Waals surface area contributed by atoms with E-state index in [0.717, 1.165) is 24.1 Å². The third-order valence-corrected chi connectivity index (χ3v) is 4.26.